The summed E-state index contributed by atoms with van der Waals surface area (Å²) in [4.78, 5) is 23.8. The summed E-state index contributed by atoms with van der Waals surface area (Å²) in [6, 6.07) is 5.25. The van der Waals surface area contributed by atoms with Gasteiger partial charge in [0.15, 0.2) is 0 Å². The molecule has 2 rings (SSSR count). The van der Waals surface area contributed by atoms with Crippen molar-refractivity contribution < 1.29 is 19.1 Å². The minimum absolute atomic E-state index is 0.104. The molecule has 0 aliphatic heterocycles. The van der Waals surface area contributed by atoms with Crippen molar-refractivity contribution >= 4 is 28.7 Å². The van der Waals surface area contributed by atoms with Gasteiger partial charge in [-0.3, -0.25) is 15.2 Å². The van der Waals surface area contributed by atoms with Gasteiger partial charge in [0.1, 0.15) is 11.2 Å². The van der Waals surface area contributed by atoms with E-state index in [0.717, 1.165) is 5.39 Å². The summed E-state index contributed by atoms with van der Waals surface area (Å²) in [5.41, 5.74) is 0.788. The van der Waals surface area contributed by atoms with E-state index in [4.69, 9.17) is 9.47 Å². The van der Waals surface area contributed by atoms with Crippen LogP contribution >= 0.6 is 0 Å². The Kier molecular flexibility index (Phi) is 5.06. The minimum Gasteiger partial charge on any atom is -0.460 e. The maximum atomic E-state index is 12.0. The topological polar surface area (TPSA) is 93.3 Å². The largest absolute Gasteiger partial charge is 0.460 e. The molecule has 0 saturated heterocycles. The second-order valence-electron chi connectivity index (χ2n) is 7.82. The number of hydrogen-bond donors (Lipinski definition) is 2. The number of esters is 1. The molecule has 7 heteroatoms. The van der Waals surface area contributed by atoms with Crippen molar-refractivity contribution in [2.75, 3.05) is 5.32 Å². The highest BCUT2D eigenvalue weighted by Gasteiger charge is 2.19. The van der Waals surface area contributed by atoms with Gasteiger partial charge in [-0.1, -0.05) is 0 Å². The summed E-state index contributed by atoms with van der Waals surface area (Å²) in [7, 11) is 0. The molecule has 0 spiro atoms. The van der Waals surface area contributed by atoms with Crippen molar-refractivity contribution in [1.82, 2.24) is 10.2 Å². The zero-order valence-corrected chi connectivity index (χ0v) is 15.5. The van der Waals surface area contributed by atoms with Gasteiger partial charge in [0.05, 0.1) is 17.6 Å². The first-order valence-corrected chi connectivity index (χ1v) is 8.12. The highest BCUT2D eigenvalue weighted by atomic mass is 16.6. The Morgan fingerprint density at radius 3 is 2.32 bits per heavy atom. The van der Waals surface area contributed by atoms with Crippen LogP contribution in [-0.2, 0) is 20.7 Å². The maximum absolute atomic E-state index is 12.0. The molecule has 0 unspecified atom stereocenters. The number of rotatable bonds is 3. The van der Waals surface area contributed by atoms with E-state index in [1.165, 1.54) is 0 Å². The lowest BCUT2D eigenvalue weighted by molar-refractivity contribution is -0.153. The molecule has 1 heterocycles. The zero-order valence-electron chi connectivity index (χ0n) is 15.5. The van der Waals surface area contributed by atoms with E-state index in [1.807, 2.05) is 20.8 Å². The fourth-order valence-electron chi connectivity index (χ4n) is 2.22. The molecule has 1 aromatic heterocycles. The van der Waals surface area contributed by atoms with Crippen LogP contribution in [-0.4, -0.2) is 33.5 Å². The molecule has 0 fully saturated rings. The molecule has 0 radical (unpaired) electrons. The average molecular weight is 347 g/mol. The predicted molar refractivity (Wildman–Crippen MR) is 95.5 cm³/mol. The van der Waals surface area contributed by atoms with Crippen LogP contribution in [0.2, 0.25) is 0 Å². The third-order valence-electron chi connectivity index (χ3n) is 3.02. The number of amides is 1. The first-order chi connectivity index (χ1) is 11.4. The Bertz CT molecular complexity index is 782. The number of nitrogens with one attached hydrogen (secondary N) is 2. The summed E-state index contributed by atoms with van der Waals surface area (Å²) in [6.07, 6.45) is -0.427. The van der Waals surface area contributed by atoms with Crippen molar-refractivity contribution in [2.45, 2.75) is 59.2 Å². The van der Waals surface area contributed by atoms with Crippen molar-refractivity contribution in [2.24, 2.45) is 0 Å². The third-order valence-corrected chi connectivity index (χ3v) is 3.02. The molecular formula is C18H25N3O4. The van der Waals surface area contributed by atoms with Crippen molar-refractivity contribution in [3.63, 3.8) is 0 Å². The Labute approximate surface area is 147 Å². The van der Waals surface area contributed by atoms with Crippen LogP contribution in [0.1, 0.15) is 47.2 Å². The van der Waals surface area contributed by atoms with Crippen molar-refractivity contribution in [3.8, 4) is 0 Å². The molecular weight excluding hydrogens is 322 g/mol. The summed E-state index contributed by atoms with van der Waals surface area (Å²) in [5, 5.41) is 10.5. The van der Waals surface area contributed by atoms with Gasteiger partial charge in [-0.15, -0.1) is 0 Å². The van der Waals surface area contributed by atoms with Crippen LogP contribution in [0.5, 0.6) is 0 Å². The molecule has 0 bridgehead atoms. The molecule has 7 nitrogen and oxygen atoms in total. The van der Waals surface area contributed by atoms with Crippen LogP contribution in [0, 0.1) is 0 Å². The average Bonchev–Trinajstić information content (AvgIpc) is 2.76. The van der Waals surface area contributed by atoms with Gasteiger partial charge in [-0.2, -0.15) is 5.10 Å². The Balaban J connectivity index is 2.10. The summed E-state index contributed by atoms with van der Waals surface area (Å²) in [6.45, 7) is 10.9. The zero-order chi connectivity index (χ0) is 18.8. The van der Waals surface area contributed by atoms with Gasteiger partial charge in [-0.05, 0) is 59.7 Å². The SMILES string of the molecule is CC(C)(C)OC(=O)Cc1[nH]nc2cc(NC(=O)OC(C)(C)C)ccc12. The van der Waals surface area contributed by atoms with Crippen LogP contribution in [0.15, 0.2) is 18.2 Å². The van der Waals surface area contributed by atoms with E-state index in [0.29, 0.717) is 16.9 Å². The monoisotopic (exact) mass is 347 g/mol. The van der Waals surface area contributed by atoms with Gasteiger partial charge in [0, 0.05) is 11.1 Å². The molecule has 0 aliphatic rings. The number of H-pyrrole nitrogens is 1. The molecule has 25 heavy (non-hydrogen) atoms. The number of anilines is 1. The van der Waals surface area contributed by atoms with E-state index < -0.39 is 17.3 Å². The molecule has 0 aliphatic carbocycles. The smallest absolute Gasteiger partial charge is 0.412 e. The number of aromatic nitrogens is 2. The number of nitrogens with zero attached hydrogens (tertiary/aromatic N) is 1. The number of carbonyl (C=O) groups is 2. The highest BCUT2D eigenvalue weighted by molar-refractivity contribution is 5.91. The lowest BCUT2D eigenvalue weighted by Gasteiger charge is -2.19. The Morgan fingerprint density at radius 2 is 1.72 bits per heavy atom. The van der Waals surface area contributed by atoms with Gasteiger partial charge in [0.2, 0.25) is 0 Å². The quantitative estimate of drug-likeness (QED) is 0.824. The molecule has 0 atom stereocenters. The van der Waals surface area contributed by atoms with Crippen LogP contribution in [0.3, 0.4) is 0 Å². The summed E-state index contributed by atoms with van der Waals surface area (Å²) < 4.78 is 10.5. The molecule has 1 amide bonds. The van der Waals surface area contributed by atoms with Gasteiger partial charge < -0.3 is 9.47 Å². The van der Waals surface area contributed by atoms with E-state index in [9.17, 15) is 9.59 Å². The Morgan fingerprint density at radius 1 is 1.08 bits per heavy atom. The van der Waals surface area contributed by atoms with Gasteiger partial charge in [-0.25, -0.2) is 4.79 Å². The van der Waals surface area contributed by atoms with Crippen LogP contribution in [0.25, 0.3) is 10.9 Å². The van der Waals surface area contributed by atoms with E-state index >= 15 is 0 Å². The van der Waals surface area contributed by atoms with Crippen molar-refractivity contribution in [1.29, 1.82) is 0 Å². The second-order valence-corrected chi connectivity index (χ2v) is 7.82. The second kappa shape index (κ2) is 6.74. The lowest BCUT2D eigenvalue weighted by Crippen LogP contribution is -2.27. The van der Waals surface area contributed by atoms with E-state index in [2.05, 4.69) is 15.5 Å². The first-order valence-electron chi connectivity index (χ1n) is 8.12. The molecule has 2 N–H and O–H groups in total. The number of hydrogen-bond acceptors (Lipinski definition) is 5. The molecule has 1 aromatic carbocycles. The van der Waals surface area contributed by atoms with E-state index in [1.54, 1.807) is 39.0 Å². The van der Waals surface area contributed by atoms with Crippen molar-refractivity contribution in [3.05, 3.63) is 23.9 Å². The summed E-state index contributed by atoms with van der Waals surface area (Å²) in [5.74, 6) is -0.325. The molecule has 0 saturated carbocycles. The summed E-state index contributed by atoms with van der Waals surface area (Å²) >= 11 is 0. The van der Waals surface area contributed by atoms with Crippen LogP contribution < -0.4 is 5.32 Å². The first kappa shape index (κ1) is 18.8. The highest BCUT2D eigenvalue weighted by Crippen LogP contribution is 2.22. The standard InChI is InChI=1S/C18H25N3O4/c1-17(2,3)24-15(22)10-14-12-8-7-11(9-13(12)20-21-14)19-16(23)25-18(4,5)6/h7-9H,10H2,1-6H3,(H,19,23)(H,20,21). The lowest BCUT2D eigenvalue weighted by atomic mass is 10.1. The number of ether oxygens (including phenoxy) is 2. The molecule has 2 aromatic rings. The number of aromatic amines is 1. The molecule has 136 valence electrons. The van der Waals surface area contributed by atoms with E-state index in [-0.39, 0.29) is 12.4 Å². The van der Waals surface area contributed by atoms with Gasteiger partial charge >= 0.3 is 12.1 Å². The predicted octanol–water partition coefficient (Wildman–Crippen LogP) is 3.79. The third kappa shape index (κ3) is 5.77. The number of benzene rings is 1. The van der Waals surface area contributed by atoms with Crippen LogP contribution in [0.4, 0.5) is 10.5 Å². The maximum Gasteiger partial charge on any atom is 0.412 e. The normalized spacial score (nSPS) is 12.1. The number of fused-ring (bicyclic) bond motifs is 1. The number of carbonyl (C=O) groups excluding carboxylic acids is 2. The minimum atomic E-state index is -0.568. The fourth-order valence-corrected chi connectivity index (χ4v) is 2.22. The Hall–Kier alpha value is -2.57. The fraction of sp³-hybridized carbons (Fsp3) is 0.500. The van der Waals surface area contributed by atoms with Gasteiger partial charge in [0.25, 0.3) is 0 Å².